The molecule has 14 heavy (non-hydrogen) atoms. The van der Waals surface area contributed by atoms with Gasteiger partial charge in [0.1, 0.15) is 5.60 Å². The van der Waals surface area contributed by atoms with Gasteiger partial charge in [-0.2, -0.15) is 0 Å². The lowest BCUT2D eigenvalue weighted by atomic mass is 10.1. The fourth-order valence-electron chi connectivity index (χ4n) is 1.09. The largest absolute Gasteiger partial charge is 0.485 e. The van der Waals surface area contributed by atoms with Crippen molar-refractivity contribution in [3.63, 3.8) is 0 Å². The molecule has 0 saturated heterocycles. The van der Waals surface area contributed by atoms with Crippen LogP contribution in [0, 0.1) is 5.82 Å². The first kappa shape index (κ1) is 10.8. The molecule has 2 heteroatoms. The molecule has 0 aliphatic rings. The summed E-state index contributed by atoms with van der Waals surface area (Å²) in [5.74, 6) is -0.0766. The van der Waals surface area contributed by atoms with Crippen molar-refractivity contribution in [1.29, 1.82) is 0 Å². The van der Waals surface area contributed by atoms with E-state index in [1.807, 2.05) is 20.8 Å². The van der Waals surface area contributed by atoms with Crippen molar-refractivity contribution < 1.29 is 9.13 Å². The normalized spacial score (nSPS) is 11.1. The highest BCUT2D eigenvalue weighted by molar-refractivity contribution is 5.51. The molecular formula is C12H15FO. The quantitative estimate of drug-likeness (QED) is 0.698. The van der Waals surface area contributed by atoms with E-state index in [4.69, 9.17) is 4.74 Å². The number of halogens is 1. The third-order valence-corrected chi connectivity index (χ3v) is 1.63. The molecular weight excluding hydrogens is 179 g/mol. The summed E-state index contributed by atoms with van der Waals surface area (Å²) in [6.07, 6.45) is 1.48. The van der Waals surface area contributed by atoms with Crippen LogP contribution in [-0.2, 0) is 0 Å². The van der Waals surface area contributed by atoms with Gasteiger partial charge < -0.3 is 4.74 Å². The molecule has 0 bridgehead atoms. The molecule has 0 atom stereocenters. The van der Waals surface area contributed by atoms with Crippen molar-refractivity contribution in [2.75, 3.05) is 0 Å². The Morgan fingerprint density at radius 3 is 2.50 bits per heavy atom. The summed E-state index contributed by atoms with van der Waals surface area (Å²) in [6.45, 7) is 9.18. The lowest BCUT2D eigenvalue weighted by Crippen LogP contribution is -2.23. The molecule has 0 N–H and O–H groups in total. The Balaban J connectivity index is 3.04. The van der Waals surface area contributed by atoms with E-state index >= 15 is 0 Å². The predicted octanol–water partition coefficient (Wildman–Crippen LogP) is 3.65. The molecule has 0 saturated carbocycles. The summed E-state index contributed by atoms with van der Waals surface area (Å²) < 4.78 is 19.1. The number of hydrogen-bond acceptors (Lipinski definition) is 1. The maximum absolute atomic E-state index is 13.6. The van der Waals surface area contributed by atoms with Crippen molar-refractivity contribution in [2.24, 2.45) is 0 Å². The SMILES string of the molecule is C=Cc1cccc(OC(C)(C)C)c1F. The summed E-state index contributed by atoms with van der Waals surface area (Å²) in [5.41, 5.74) is 0.0763. The molecule has 1 rings (SSSR count). The van der Waals surface area contributed by atoms with E-state index in [0.717, 1.165) is 0 Å². The van der Waals surface area contributed by atoms with Gasteiger partial charge in [-0.05, 0) is 26.8 Å². The Morgan fingerprint density at radius 2 is 2.00 bits per heavy atom. The minimum Gasteiger partial charge on any atom is -0.485 e. The highest BCUT2D eigenvalue weighted by Crippen LogP contribution is 2.24. The van der Waals surface area contributed by atoms with E-state index in [0.29, 0.717) is 5.56 Å². The number of ether oxygens (including phenoxy) is 1. The van der Waals surface area contributed by atoms with Gasteiger partial charge in [0.15, 0.2) is 11.6 Å². The van der Waals surface area contributed by atoms with Gasteiger partial charge in [-0.15, -0.1) is 0 Å². The summed E-state index contributed by atoms with van der Waals surface area (Å²) in [4.78, 5) is 0. The molecule has 0 heterocycles. The fourth-order valence-corrected chi connectivity index (χ4v) is 1.09. The van der Waals surface area contributed by atoms with Crippen LogP contribution in [0.1, 0.15) is 26.3 Å². The molecule has 0 aliphatic carbocycles. The van der Waals surface area contributed by atoms with Crippen molar-refractivity contribution in [3.8, 4) is 5.75 Å². The van der Waals surface area contributed by atoms with E-state index < -0.39 is 0 Å². The fraction of sp³-hybridized carbons (Fsp3) is 0.333. The van der Waals surface area contributed by atoms with Gasteiger partial charge in [-0.25, -0.2) is 4.39 Å². The average molecular weight is 194 g/mol. The third-order valence-electron chi connectivity index (χ3n) is 1.63. The Bertz CT molecular complexity index is 337. The number of hydrogen-bond donors (Lipinski definition) is 0. The Kier molecular flexibility index (Phi) is 2.94. The second-order valence-corrected chi connectivity index (χ2v) is 4.08. The van der Waals surface area contributed by atoms with Gasteiger partial charge in [0, 0.05) is 5.56 Å². The summed E-state index contributed by atoms with van der Waals surface area (Å²) in [5, 5.41) is 0. The first-order chi connectivity index (χ1) is 6.44. The second kappa shape index (κ2) is 3.82. The van der Waals surface area contributed by atoms with Crippen molar-refractivity contribution in [1.82, 2.24) is 0 Å². The molecule has 0 radical (unpaired) electrons. The zero-order chi connectivity index (χ0) is 10.8. The van der Waals surface area contributed by atoms with Crippen molar-refractivity contribution in [2.45, 2.75) is 26.4 Å². The van der Waals surface area contributed by atoms with Crippen molar-refractivity contribution in [3.05, 3.63) is 36.2 Å². The molecule has 0 aliphatic heterocycles. The van der Waals surface area contributed by atoms with Crippen LogP contribution in [0.3, 0.4) is 0 Å². The first-order valence-corrected chi connectivity index (χ1v) is 4.54. The van der Waals surface area contributed by atoms with Gasteiger partial charge >= 0.3 is 0 Å². The van der Waals surface area contributed by atoms with Crippen molar-refractivity contribution >= 4 is 6.08 Å². The van der Waals surface area contributed by atoms with Crippen LogP contribution in [0.25, 0.3) is 6.08 Å². The smallest absolute Gasteiger partial charge is 0.172 e. The molecule has 0 amide bonds. The van der Waals surface area contributed by atoms with Crippen LogP contribution in [0.4, 0.5) is 4.39 Å². The van der Waals surface area contributed by atoms with Gasteiger partial charge in [0.05, 0.1) is 0 Å². The van der Waals surface area contributed by atoms with Crippen LogP contribution in [0.5, 0.6) is 5.75 Å². The van der Waals surface area contributed by atoms with E-state index in [9.17, 15) is 4.39 Å². The summed E-state index contributed by atoms with van der Waals surface area (Å²) >= 11 is 0. The van der Waals surface area contributed by atoms with E-state index in [1.54, 1.807) is 18.2 Å². The second-order valence-electron chi connectivity index (χ2n) is 4.08. The average Bonchev–Trinajstić information content (AvgIpc) is 2.06. The van der Waals surface area contributed by atoms with E-state index in [-0.39, 0.29) is 17.2 Å². The molecule has 0 unspecified atom stereocenters. The molecule has 1 aromatic carbocycles. The van der Waals surface area contributed by atoms with Gasteiger partial charge in [-0.3, -0.25) is 0 Å². The van der Waals surface area contributed by atoms with E-state index in [1.165, 1.54) is 6.08 Å². The van der Waals surface area contributed by atoms with Gasteiger partial charge in [0.25, 0.3) is 0 Å². The lowest BCUT2D eigenvalue weighted by molar-refractivity contribution is 0.124. The summed E-state index contributed by atoms with van der Waals surface area (Å²) in [7, 11) is 0. The monoisotopic (exact) mass is 194 g/mol. The van der Waals surface area contributed by atoms with Crippen LogP contribution < -0.4 is 4.74 Å². The molecule has 0 fully saturated rings. The molecule has 0 aromatic heterocycles. The minimum atomic E-state index is -0.388. The zero-order valence-corrected chi connectivity index (χ0v) is 8.80. The molecule has 1 aromatic rings. The molecule has 76 valence electrons. The van der Waals surface area contributed by atoms with Gasteiger partial charge in [-0.1, -0.05) is 24.8 Å². The zero-order valence-electron chi connectivity index (χ0n) is 8.80. The van der Waals surface area contributed by atoms with Crippen LogP contribution >= 0.6 is 0 Å². The van der Waals surface area contributed by atoms with Crippen LogP contribution in [0.15, 0.2) is 24.8 Å². The minimum absolute atomic E-state index is 0.273. The highest BCUT2D eigenvalue weighted by Gasteiger charge is 2.15. The molecule has 1 nitrogen and oxygen atoms in total. The summed E-state index contributed by atoms with van der Waals surface area (Å²) in [6, 6.07) is 5.03. The van der Waals surface area contributed by atoms with Crippen LogP contribution in [-0.4, -0.2) is 5.60 Å². The number of benzene rings is 1. The lowest BCUT2D eigenvalue weighted by Gasteiger charge is -2.21. The Labute approximate surface area is 84.2 Å². The Morgan fingerprint density at radius 1 is 1.36 bits per heavy atom. The predicted molar refractivity (Wildman–Crippen MR) is 56.9 cm³/mol. The number of rotatable bonds is 2. The Hall–Kier alpha value is -1.31. The maximum atomic E-state index is 13.6. The highest BCUT2D eigenvalue weighted by atomic mass is 19.1. The third kappa shape index (κ3) is 2.59. The van der Waals surface area contributed by atoms with Crippen LogP contribution in [0.2, 0.25) is 0 Å². The van der Waals surface area contributed by atoms with E-state index in [2.05, 4.69) is 6.58 Å². The molecule has 0 spiro atoms. The maximum Gasteiger partial charge on any atom is 0.172 e. The first-order valence-electron chi connectivity index (χ1n) is 4.54. The van der Waals surface area contributed by atoms with Gasteiger partial charge in [0.2, 0.25) is 0 Å². The standard InChI is InChI=1S/C12H15FO/c1-5-9-7-6-8-10(11(9)13)14-12(2,3)4/h5-8H,1H2,2-4H3. The topological polar surface area (TPSA) is 9.23 Å².